The summed E-state index contributed by atoms with van der Waals surface area (Å²) in [4.78, 5) is 28.6. The molecule has 1 aliphatic heterocycles. The van der Waals surface area contributed by atoms with Gasteiger partial charge in [-0.1, -0.05) is 25.1 Å². The molecule has 1 aromatic heterocycles. The van der Waals surface area contributed by atoms with Crippen molar-refractivity contribution in [2.45, 2.75) is 19.4 Å². The van der Waals surface area contributed by atoms with Crippen LogP contribution in [-0.2, 0) is 9.59 Å². The van der Waals surface area contributed by atoms with Crippen molar-refractivity contribution in [1.82, 2.24) is 19.6 Å². The minimum absolute atomic E-state index is 0.0167. The third kappa shape index (κ3) is 4.22. The van der Waals surface area contributed by atoms with E-state index >= 15 is 0 Å². The van der Waals surface area contributed by atoms with E-state index in [1.165, 1.54) is 0 Å². The molecule has 26 heavy (non-hydrogen) atoms. The third-order valence-corrected chi connectivity index (χ3v) is 4.57. The van der Waals surface area contributed by atoms with Gasteiger partial charge in [0.2, 0.25) is 5.91 Å². The third-order valence-electron chi connectivity index (χ3n) is 4.57. The van der Waals surface area contributed by atoms with Gasteiger partial charge in [-0.2, -0.15) is 5.10 Å². The van der Waals surface area contributed by atoms with Gasteiger partial charge in [-0.05, 0) is 24.6 Å². The fourth-order valence-corrected chi connectivity index (χ4v) is 3.08. The van der Waals surface area contributed by atoms with E-state index in [9.17, 15) is 9.59 Å². The van der Waals surface area contributed by atoms with Gasteiger partial charge in [0.25, 0.3) is 5.91 Å². The van der Waals surface area contributed by atoms with Gasteiger partial charge in [0.05, 0.1) is 0 Å². The van der Waals surface area contributed by atoms with E-state index < -0.39 is 0 Å². The predicted molar refractivity (Wildman–Crippen MR) is 96.7 cm³/mol. The number of para-hydroxylation sites is 1. The van der Waals surface area contributed by atoms with Crippen LogP contribution in [0.4, 0.5) is 0 Å². The summed E-state index contributed by atoms with van der Waals surface area (Å²) < 4.78 is 7.22. The standard InChI is InChI=1S/C19H24N4O3/c1-2-17(23-10-6-9-20-23)19(25)22-13-11-21(12-14-22)18(24)15-26-16-7-4-3-5-8-16/h3-10,17H,2,11-15H2,1H3/t17-/m1/s1. The lowest BCUT2D eigenvalue weighted by atomic mass is 10.2. The second-order valence-electron chi connectivity index (χ2n) is 6.22. The Labute approximate surface area is 153 Å². The van der Waals surface area contributed by atoms with Crippen molar-refractivity contribution in [3.63, 3.8) is 0 Å². The first-order chi connectivity index (χ1) is 12.7. The molecule has 138 valence electrons. The number of ether oxygens (including phenoxy) is 1. The van der Waals surface area contributed by atoms with Crippen LogP contribution >= 0.6 is 0 Å². The molecule has 0 aliphatic carbocycles. The Morgan fingerprint density at radius 2 is 1.77 bits per heavy atom. The molecule has 2 aromatic rings. The maximum atomic E-state index is 12.8. The van der Waals surface area contributed by atoms with E-state index in [0.29, 0.717) is 38.3 Å². The van der Waals surface area contributed by atoms with Gasteiger partial charge < -0.3 is 14.5 Å². The number of hydrogen-bond acceptors (Lipinski definition) is 4. The average molecular weight is 356 g/mol. The van der Waals surface area contributed by atoms with Crippen LogP contribution in [0.3, 0.4) is 0 Å². The SMILES string of the molecule is CC[C@H](C(=O)N1CCN(C(=O)COc2ccccc2)CC1)n1cccn1. The highest BCUT2D eigenvalue weighted by molar-refractivity contribution is 5.81. The zero-order valence-electron chi connectivity index (χ0n) is 15.0. The summed E-state index contributed by atoms with van der Waals surface area (Å²) in [6, 6.07) is 10.8. The summed E-state index contributed by atoms with van der Waals surface area (Å²) in [5, 5.41) is 4.19. The van der Waals surface area contributed by atoms with Crippen molar-refractivity contribution in [3.05, 3.63) is 48.8 Å². The van der Waals surface area contributed by atoms with Crippen LogP contribution in [0.2, 0.25) is 0 Å². The largest absolute Gasteiger partial charge is 0.484 e. The lowest BCUT2D eigenvalue weighted by molar-refractivity contribution is -0.142. The minimum atomic E-state index is -0.284. The Morgan fingerprint density at radius 3 is 2.38 bits per heavy atom. The fraction of sp³-hybridized carbons (Fsp3) is 0.421. The number of carbonyl (C=O) groups is 2. The molecule has 0 saturated carbocycles. The van der Waals surface area contributed by atoms with Gasteiger partial charge in [-0.15, -0.1) is 0 Å². The molecule has 0 radical (unpaired) electrons. The molecular weight excluding hydrogens is 332 g/mol. The van der Waals surface area contributed by atoms with E-state index in [1.807, 2.05) is 54.4 Å². The van der Waals surface area contributed by atoms with Gasteiger partial charge in [-0.25, -0.2) is 0 Å². The van der Waals surface area contributed by atoms with Gasteiger partial charge in [0.15, 0.2) is 6.61 Å². The Hall–Kier alpha value is -2.83. The number of nitrogens with zero attached hydrogens (tertiary/aromatic N) is 4. The number of amides is 2. The molecule has 0 unspecified atom stereocenters. The summed E-state index contributed by atoms with van der Waals surface area (Å²) >= 11 is 0. The normalized spacial score (nSPS) is 15.6. The molecule has 2 amide bonds. The number of aromatic nitrogens is 2. The Balaban J connectivity index is 1.49. The maximum Gasteiger partial charge on any atom is 0.260 e. The summed E-state index contributed by atoms with van der Waals surface area (Å²) in [7, 11) is 0. The summed E-state index contributed by atoms with van der Waals surface area (Å²) in [5.74, 6) is 0.684. The quantitative estimate of drug-likeness (QED) is 0.788. The van der Waals surface area contributed by atoms with Crippen LogP contribution in [0, 0.1) is 0 Å². The second kappa shape index (κ2) is 8.51. The molecular formula is C19H24N4O3. The molecule has 0 N–H and O–H groups in total. The van der Waals surface area contributed by atoms with E-state index in [2.05, 4.69) is 5.10 Å². The number of piperazine rings is 1. The first-order valence-electron chi connectivity index (χ1n) is 8.92. The monoisotopic (exact) mass is 356 g/mol. The molecule has 2 heterocycles. The zero-order chi connectivity index (χ0) is 18.4. The van der Waals surface area contributed by atoms with E-state index in [4.69, 9.17) is 4.74 Å². The molecule has 1 aromatic carbocycles. The van der Waals surface area contributed by atoms with Crippen LogP contribution in [-0.4, -0.2) is 64.2 Å². The molecule has 0 spiro atoms. The summed E-state index contributed by atoms with van der Waals surface area (Å²) in [5.41, 5.74) is 0. The Kier molecular flexibility index (Phi) is 5.88. The zero-order valence-corrected chi connectivity index (χ0v) is 15.0. The summed E-state index contributed by atoms with van der Waals surface area (Å²) in [6.07, 6.45) is 4.18. The van der Waals surface area contributed by atoms with Crippen molar-refractivity contribution in [3.8, 4) is 5.75 Å². The van der Waals surface area contributed by atoms with Crippen LogP contribution in [0.5, 0.6) is 5.75 Å². The molecule has 3 rings (SSSR count). The average Bonchev–Trinajstić information content (AvgIpc) is 3.22. The number of rotatable bonds is 6. The van der Waals surface area contributed by atoms with Crippen molar-refractivity contribution in [2.24, 2.45) is 0 Å². The highest BCUT2D eigenvalue weighted by Crippen LogP contribution is 2.16. The van der Waals surface area contributed by atoms with Crippen LogP contribution < -0.4 is 4.74 Å². The number of hydrogen-bond donors (Lipinski definition) is 0. The lowest BCUT2D eigenvalue weighted by Crippen LogP contribution is -2.53. The van der Waals surface area contributed by atoms with Gasteiger partial charge in [0, 0.05) is 38.6 Å². The van der Waals surface area contributed by atoms with E-state index in [0.717, 1.165) is 0 Å². The fourth-order valence-electron chi connectivity index (χ4n) is 3.08. The molecule has 0 bridgehead atoms. The number of benzene rings is 1. The Morgan fingerprint density at radius 1 is 1.08 bits per heavy atom. The van der Waals surface area contributed by atoms with E-state index in [-0.39, 0.29) is 24.5 Å². The molecule has 1 saturated heterocycles. The topological polar surface area (TPSA) is 67.7 Å². The first-order valence-corrected chi connectivity index (χ1v) is 8.92. The smallest absolute Gasteiger partial charge is 0.260 e. The molecule has 1 fully saturated rings. The predicted octanol–water partition coefficient (Wildman–Crippen LogP) is 1.58. The van der Waals surface area contributed by atoms with Crippen LogP contribution in [0.1, 0.15) is 19.4 Å². The van der Waals surface area contributed by atoms with Crippen molar-refractivity contribution in [1.29, 1.82) is 0 Å². The maximum absolute atomic E-state index is 12.8. The van der Waals surface area contributed by atoms with Crippen molar-refractivity contribution in [2.75, 3.05) is 32.8 Å². The van der Waals surface area contributed by atoms with Crippen molar-refractivity contribution >= 4 is 11.8 Å². The molecule has 1 atom stereocenters. The molecule has 1 aliphatic rings. The second-order valence-corrected chi connectivity index (χ2v) is 6.22. The number of carbonyl (C=O) groups excluding carboxylic acids is 2. The summed E-state index contributed by atoms with van der Waals surface area (Å²) in [6.45, 7) is 4.12. The van der Waals surface area contributed by atoms with Crippen LogP contribution in [0.25, 0.3) is 0 Å². The van der Waals surface area contributed by atoms with Crippen LogP contribution in [0.15, 0.2) is 48.8 Å². The Bertz CT molecular complexity index is 710. The molecule has 7 nitrogen and oxygen atoms in total. The lowest BCUT2D eigenvalue weighted by Gasteiger charge is -2.36. The van der Waals surface area contributed by atoms with Gasteiger partial charge in [-0.3, -0.25) is 14.3 Å². The molecule has 7 heteroatoms. The van der Waals surface area contributed by atoms with Gasteiger partial charge in [0.1, 0.15) is 11.8 Å². The van der Waals surface area contributed by atoms with E-state index in [1.54, 1.807) is 15.8 Å². The highest BCUT2D eigenvalue weighted by Gasteiger charge is 2.29. The highest BCUT2D eigenvalue weighted by atomic mass is 16.5. The minimum Gasteiger partial charge on any atom is -0.484 e. The van der Waals surface area contributed by atoms with Gasteiger partial charge >= 0.3 is 0 Å². The van der Waals surface area contributed by atoms with Crippen molar-refractivity contribution < 1.29 is 14.3 Å². The first kappa shape index (κ1) is 18.0.